The first kappa shape index (κ1) is 25.9. The molecule has 0 saturated heterocycles. The van der Waals surface area contributed by atoms with Crippen molar-refractivity contribution in [2.45, 2.75) is 45.8 Å². The molecular weight excluding hydrogens is 450 g/mol. The molecule has 2 rings (SSSR count). The number of benzene rings is 2. The molecule has 0 radical (unpaired) electrons. The van der Waals surface area contributed by atoms with Gasteiger partial charge < -0.3 is 19.7 Å². The standard InChI is InChI=1S/C23H28ClN3O6/c1-5-15(2)25-23(29)16(3)26(13-17-6-8-18(24)9-7-17)22(28)14-33-19-10-11-20(27(30)31)21(12-19)32-4/h6-12,15-16H,5,13-14H2,1-4H3,(H,25,29)/t15-,16+/m1/s1. The van der Waals surface area contributed by atoms with Crippen molar-refractivity contribution >= 4 is 29.1 Å². The first-order valence-corrected chi connectivity index (χ1v) is 10.8. The normalized spacial score (nSPS) is 12.4. The molecule has 2 atom stereocenters. The summed E-state index contributed by atoms with van der Waals surface area (Å²) >= 11 is 5.95. The second kappa shape index (κ2) is 12.1. The predicted octanol–water partition coefficient (Wildman–Crippen LogP) is 3.97. The number of nitrogens with one attached hydrogen (secondary N) is 1. The van der Waals surface area contributed by atoms with Gasteiger partial charge in [0.1, 0.15) is 11.8 Å². The van der Waals surface area contributed by atoms with Gasteiger partial charge in [-0.1, -0.05) is 30.7 Å². The van der Waals surface area contributed by atoms with Gasteiger partial charge in [0.05, 0.1) is 12.0 Å². The summed E-state index contributed by atoms with van der Waals surface area (Å²) in [5, 5.41) is 14.5. The van der Waals surface area contributed by atoms with Crippen LogP contribution < -0.4 is 14.8 Å². The van der Waals surface area contributed by atoms with Crippen LogP contribution in [0.1, 0.15) is 32.8 Å². The first-order valence-electron chi connectivity index (χ1n) is 10.5. The molecule has 0 aliphatic rings. The van der Waals surface area contributed by atoms with Crippen LogP contribution in [0, 0.1) is 10.1 Å². The first-order chi connectivity index (χ1) is 15.7. The molecule has 0 aliphatic carbocycles. The molecule has 1 N–H and O–H groups in total. The van der Waals surface area contributed by atoms with Crippen LogP contribution in [0.15, 0.2) is 42.5 Å². The van der Waals surface area contributed by atoms with Gasteiger partial charge in [0.25, 0.3) is 5.91 Å². The maximum absolute atomic E-state index is 13.1. The Balaban J connectivity index is 2.19. The Kier molecular flexibility index (Phi) is 9.47. The zero-order valence-corrected chi connectivity index (χ0v) is 19.8. The zero-order chi connectivity index (χ0) is 24.5. The van der Waals surface area contributed by atoms with E-state index in [4.69, 9.17) is 21.1 Å². The molecule has 0 aliphatic heterocycles. The molecule has 10 heteroatoms. The highest BCUT2D eigenvalue weighted by atomic mass is 35.5. The molecule has 178 valence electrons. The molecule has 0 unspecified atom stereocenters. The Bertz CT molecular complexity index is 983. The van der Waals surface area contributed by atoms with E-state index in [9.17, 15) is 19.7 Å². The number of methoxy groups -OCH3 is 1. The highest BCUT2D eigenvalue weighted by molar-refractivity contribution is 6.30. The van der Waals surface area contributed by atoms with Gasteiger partial charge in [-0.3, -0.25) is 19.7 Å². The minimum atomic E-state index is -0.753. The zero-order valence-electron chi connectivity index (χ0n) is 19.0. The lowest BCUT2D eigenvalue weighted by molar-refractivity contribution is -0.385. The summed E-state index contributed by atoms with van der Waals surface area (Å²) in [5.41, 5.74) is 0.587. The SMILES string of the molecule is CC[C@@H](C)NC(=O)[C@H](C)N(Cc1ccc(Cl)cc1)C(=O)COc1ccc([N+](=O)[O-])c(OC)c1. The average molecular weight is 478 g/mol. The number of nitrogens with zero attached hydrogens (tertiary/aromatic N) is 2. The summed E-state index contributed by atoms with van der Waals surface area (Å²) in [6.07, 6.45) is 0.759. The third-order valence-electron chi connectivity index (χ3n) is 5.14. The lowest BCUT2D eigenvalue weighted by atomic mass is 10.1. The maximum atomic E-state index is 13.1. The lowest BCUT2D eigenvalue weighted by Crippen LogP contribution is -2.50. The molecule has 0 aromatic heterocycles. The predicted molar refractivity (Wildman–Crippen MR) is 125 cm³/mol. The van der Waals surface area contributed by atoms with E-state index in [1.165, 1.54) is 30.2 Å². The highest BCUT2D eigenvalue weighted by Gasteiger charge is 2.27. The molecule has 0 bridgehead atoms. The second-order valence-electron chi connectivity index (χ2n) is 7.52. The van der Waals surface area contributed by atoms with Crippen LogP contribution in [0.3, 0.4) is 0 Å². The van der Waals surface area contributed by atoms with E-state index in [-0.39, 0.29) is 42.3 Å². The Morgan fingerprint density at radius 2 is 1.85 bits per heavy atom. The molecule has 2 amide bonds. The van der Waals surface area contributed by atoms with Crippen LogP contribution in [0.25, 0.3) is 0 Å². The monoisotopic (exact) mass is 477 g/mol. The van der Waals surface area contributed by atoms with Crippen molar-refractivity contribution in [1.82, 2.24) is 10.2 Å². The van der Waals surface area contributed by atoms with Crippen LogP contribution in [-0.4, -0.2) is 47.4 Å². The summed E-state index contributed by atoms with van der Waals surface area (Å²) < 4.78 is 10.6. The highest BCUT2D eigenvalue weighted by Crippen LogP contribution is 2.30. The molecule has 0 spiro atoms. The van der Waals surface area contributed by atoms with Crippen molar-refractivity contribution < 1.29 is 24.0 Å². The quantitative estimate of drug-likeness (QED) is 0.387. The number of rotatable bonds is 11. The van der Waals surface area contributed by atoms with Gasteiger partial charge in [-0.15, -0.1) is 0 Å². The van der Waals surface area contributed by atoms with Crippen molar-refractivity contribution in [3.63, 3.8) is 0 Å². The van der Waals surface area contributed by atoms with Gasteiger partial charge in [-0.05, 0) is 44.0 Å². The average Bonchev–Trinajstić information content (AvgIpc) is 2.81. The minimum Gasteiger partial charge on any atom is -0.490 e. The number of ether oxygens (including phenoxy) is 2. The van der Waals surface area contributed by atoms with Crippen LogP contribution in [0.2, 0.25) is 5.02 Å². The lowest BCUT2D eigenvalue weighted by Gasteiger charge is -2.29. The Morgan fingerprint density at radius 3 is 2.42 bits per heavy atom. The van der Waals surface area contributed by atoms with Gasteiger partial charge in [0.2, 0.25) is 11.7 Å². The number of hydrogen-bond acceptors (Lipinski definition) is 6. The molecule has 2 aromatic rings. The third-order valence-corrected chi connectivity index (χ3v) is 5.40. The van der Waals surface area contributed by atoms with Crippen molar-refractivity contribution in [3.05, 3.63) is 63.2 Å². The van der Waals surface area contributed by atoms with Crippen molar-refractivity contribution in [3.8, 4) is 11.5 Å². The molecule has 2 aromatic carbocycles. The van der Waals surface area contributed by atoms with Gasteiger partial charge >= 0.3 is 5.69 Å². The van der Waals surface area contributed by atoms with Gasteiger partial charge in [-0.25, -0.2) is 0 Å². The van der Waals surface area contributed by atoms with Crippen LogP contribution in [-0.2, 0) is 16.1 Å². The molecule has 9 nitrogen and oxygen atoms in total. The number of nitro benzene ring substituents is 1. The van der Waals surface area contributed by atoms with Gasteiger partial charge in [-0.2, -0.15) is 0 Å². The number of hydrogen-bond donors (Lipinski definition) is 1. The molecule has 0 heterocycles. The second-order valence-corrected chi connectivity index (χ2v) is 7.96. The number of amides is 2. The topological polar surface area (TPSA) is 111 Å². The molecule has 0 fully saturated rings. The van der Waals surface area contributed by atoms with E-state index in [0.29, 0.717) is 5.02 Å². The van der Waals surface area contributed by atoms with Crippen LogP contribution >= 0.6 is 11.6 Å². The Labute approximate surface area is 197 Å². The van der Waals surface area contributed by atoms with E-state index in [2.05, 4.69) is 5.32 Å². The maximum Gasteiger partial charge on any atom is 0.311 e. The summed E-state index contributed by atoms with van der Waals surface area (Å²) in [7, 11) is 1.31. The number of carbonyl (C=O) groups is 2. The van der Waals surface area contributed by atoms with E-state index in [1.807, 2.05) is 13.8 Å². The fourth-order valence-corrected chi connectivity index (χ4v) is 3.09. The van der Waals surface area contributed by atoms with Crippen molar-refractivity contribution in [1.29, 1.82) is 0 Å². The van der Waals surface area contributed by atoms with Crippen molar-refractivity contribution in [2.75, 3.05) is 13.7 Å². The smallest absolute Gasteiger partial charge is 0.311 e. The van der Waals surface area contributed by atoms with E-state index in [1.54, 1.807) is 31.2 Å². The van der Waals surface area contributed by atoms with E-state index < -0.39 is 16.9 Å². The van der Waals surface area contributed by atoms with Crippen LogP contribution in [0.5, 0.6) is 11.5 Å². The fourth-order valence-electron chi connectivity index (χ4n) is 2.96. The fraction of sp³-hybridized carbons (Fsp3) is 0.391. The van der Waals surface area contributed by atoms with Gasteiger partial charge in [0.15, 0.2) is 6.61 Å². The Hall–Kier alpha value is -3.33. The van der Waals surface area contributed by atoms with Crippen molar-refractivity contribution in [2.24, 2.45) is 0 Å². The third kappa shape index (κ3) is 7.35. The largest absolute Gasteiger partial charge is 0.490 e. The summed E-state index contributed by atoms with van der Waals surface area (Å²) in [5.74, 6) is -0.448. The Morgan fingerprint density at radius 1 is 1.18 bits per heavy atom. The van der Waals surface area contributed by atoms with Crippen LogP contribution in [0.4, 0.5) is 5.69 Å². The molecular formula is C23H28ClN3O6. The van der Waals surface area contributed by atoms with E-state index in [0.717, 1.165) is 12.0 Å². The summed E-state index contributed by atoms with van der Waals surface area (Å²) in [4.78, 5) is 37.7. The van der Waals surface area contributed by atoms with E-state index >= 15 is 0 Å². The summed E-state index contributed by atoms with van der Waals surface area (Å²) in [6, 6.07) is 10.2. The number of nitro groups is 1. The minimum absolute atomic E-state index is 0.0178. The number of halogens is 1. The van der Waals surface area contributed by atoms with Gasteiger partial charge in [0, 0.05) is 29.7 Å². The summed E-state index contributed by atoms with van der Waals surface area (Å²) in [6.45, 7) is 5.31. The number of carbonyl (C=O) groups excluding carboxylic acids is 2. The molecule has 33 heavy (non-hydrogen) atoms. The molecule has 0 saturated carbocycles.